The van der Waals surface area contributed by atoms with Crippen molar-refractivity contribution < 1.29 is 22.7 Å². The van der Waals surface area contributed by atoms with E-state index in [4.69, 9.17) is 21.1 Å². The Balaban J connectivity index is 1.64. The van der Waals surface area contributed by atoms with E-state index >= 15 is 0 Å². The third-order valence-electron chi connectivity index (χ3n) is 4.77. The highest BCUT2D eigenvalue weighted by molar-refractivity contribution is 7.89. The first-order valence-corrected chi connectivity index (χ1v) is 11.2. The number of sulfonamides is 1. The average molecular weight is 432 g/mol. The van der Waals surface area contributed by atoms with Crippen LogP contribution in [0, 0.1) is 0 Å². The highest BCUT2D eigenvalue weighted by Gasteiger charge is 2.27. The molecule has 1 atom stereocenters. The van der Waals surface area contributed by atoms with E-state index in [1.165, 1.54) is 22.5 Å². The number of anilines is 1. The number of carbonyl (C=O) groups excluding carboxylic acids is 1. The zero-order valence-electron chi connectivity index (χ0n) is 15.9. The zero-order valence-corrected chi connectivity index (χ0v) is 17.5. The molecule has 0 aromatic heterocycles. The Hall–Kier alpha value is -1.23. The van der Waals surface area contributed by atoms with Crippen LogP contribution in [0.4, 0.5) is 5.69 Å². The van der Waals surface area contributed by atoms with E-state index in [1.54, 1.807) is 0 Å². The number of nitrogens with one attached hydrogen (secondary N) is 1. The zero-order chi connectivity index (χ0) is 20.1. The Bertz CT molecular complexity index is 792. The van der Waals surface area contributed by atoms with Gasteiger partial charge in [-0.1, -0.05) is 11.6 Å². The number of halogens is 1. The van der Waals surface area contributed by atoms with Gasteiger partial charge in [-0.15, -0.1) is 0 Å². The topological polar surface area (TPSA) is 88.2 Å². The average Bonchev–Trinajstić information content (AvgIpc) is 3.16. The first-order chi connectivity index (χ1) is 13.4. The summed E-state index contributed by atoms with van der Waals surface area (Å²) >= 11 is 6.17. The molecule has 2 aliphatic rings. The molecule has 0 spiro atoms. The van der Waals surface area contributed by atoms with Gasteiger partial charge >= 0.3 is 0 Å². The first kappa shape index (κ1) is 21.5. The van der Waals surface area contributed by atoms with E-state index in [1.807, 2.05) is 11.9 Å². The van der Waals surface area contributed by atoms with Gasteiger partial charge in [-0.2, -0.15) is 4.31 Å². The Morgan fingerprint density at radius 1 is 1.32 bits per heavy atom. The molecule has 2 heterocycles. The molecule has 0 saturated carbocycles. The van der Waals surface area contributed by atoms with Crippen molar-refractivity contribution in [2.75, 3.05) is 58.4 Å². The molecule has 0 unspecified atom stereocenters. The molecule has 8 nitrogen and oxygen atoms in total. The smallest absolute Gasteiger partial charge is 0.243 e. The van der Waals surface area contributed by atoms with E-state index in [9.17, 15) is 13.2 Å². The fraction of sp³-hybridized carbons (Fsp3) is 0.611. The van der Waals surface area contributed by atoms with E-state index < -0.39 is 10.0 Å². The highest BCUT2D eigenvalue weighted by Crippen LogP contribution is 2.27. The van der Waals surface area contributed by atoms with Gasteiger partial charge in [0.1, 0.15) is 0 Å². The van der Waals surface area contributed by atoms with Crippen LogP contribution in [0.3, 0.4) is 0 Å². The number of morpholine rings is 1. The SMILES string of the molecule is CN(CC(=O)Nc1cc(S(=O)(=O)N2CCOCC2)ccc1Cl)C[C@@H]1CCCO1. The van der Waals surface area contributed by atoms with Crippen molar-refractivity contribution in [1.29, 1.82) is 0 Å². The molecule has 28 heavy (non-hydrogen) atoms. The maximum Gasteiger partial charge on any atom is 0.243 e. The molecule has 0 bridgehead atoms. The summed E-state index contributed by atoms with van der Waals surface area (Å²) < 4.78 is 37.8. The third-order valence-corrected chi connectivity index (χ3v) is 7.00. The number of carbonyl (C=O) groups is 1. The van der Waals surface area contributed by atoms with Crippen molar-refractivity contribution in [1.82, 2.24) is 9.21 Å². The van der Waals surface area contributed by atoms with Crippen LogP contribution in [-0.4, -0.2) is 82.7 Å². The molecule has 1 aromatic carbocycles. The maximum absolute atomic E-state index is 12.8. The number of ether oxygens (including phenoxy) is 2. The van der Waals surface area contributed by atoms with Crippen molar-refractivity contribution in [2.45, 2.75) is 23.8 Å². The number of amides is 1. The summed E-state index contributed by atoms with van der Waals surface area (Å²) in [5.41, 5.74) is 0.284. The van der Waals surface area contributed by atoms with Gasteiger partial charge in [0.25, 0.3) is 0 Å². The number of hydrogen-bond donors (Lipinski definition) is 1. The van der Waals surface area contributed by atoms with Crippen molar-refractivity contribution >= 4 is 33.2 Å². The van der Waals surface area contributed by atoms with Gasteiger partial charge in [-0.05, 0) is 38.1 Å². The Morgan fingerprint density at radius 3 is 2.75 bits per heavy atom. The largest absolute Gasteiger partial charge is 0.379 e. The normalized spacial score (nSPS) is 21.2. The molecule has 3 rings (SSSR count). The van der Waals surface area contributed by atoms with Crippen molar-refractivity contribution in [3.05, 3.63) is 23.2 Å². The predicted molar refractivity (Wildman–Crippen MR) is 106 cm³/mol. The lowest BCUT2D eigenvalue weighted by atomic mass is 10.2. The van der Waals surface area contributed by atoms with Gasteiger partial charge in [0, 0.05) is 26.2 Å². The van der Waals surface area contributed by atoms with Crippen LogP contribution in [0.25, 0.3) is 0 Å². The molecular formula is C18H26ClN3O5S. The standard InChI is InChI=1S/C18H26ClN3O5S/c1-21(12-14-3-2-8-27-14)13-18(23)20-17-11-15(4-5-16(17)19)28(24,25)22-6-9-26-10-7-22/h4-5,11,14H,2-3,6-10,12-13H2,1H3,(H,20,23)/t14-/m0/s1. The molecule has 1 N–H and O–H groups in total. The summed E-state index contributed by atoms with van der Waals surface area (Å²) in [6, 6.07) is 4.35. The molecule has 1 aromatic rings. The van der Waals surface area contributed by atoms with Gasteiger partial charge in [0.15, 0.2) is 0 Å². The van der Waals surface area contributed by atoms with Crippen LogP contribution in [0.1, 0.15) is 12.8 Å². The van der Waals surface area contributed by atoms with Crippen LogP contribution in [0.2, 0.25) is 5.02 Å². The minimum Gasteiger partial charge on any atom is -0.379 e. The van der Waals surface area contributed by atoms with Crippen LogP contribution in [-0.2, 0) is 24.3 Å². The number of nitrogens with zero attached hydrogens (tertiary/aromatic N) is 2. The minimum absolute atomic E-state index is 0.0989. The second-order valence-electron chi connectivity index (χ2n) is 7.04. The molecular weight excluding hydrogens is 406 g/mol. The second kappa shape index (κ2) is 9.51. The lowest BCUT2D eigenvalue weighted by Crippen LogP contribution is -2.40. The van der Waals surface area contributed by atoms with Gasteiger partial charge in [0.05, 0.1) is 41.5 Å². The molecule has 156 valence electrons. The summed E-state index contributed by atoms with van der Waals surface area (Å²) in [4.78, 5) is 14.4. The minimum atomic E-state index is -3.66. The molecule has 2 saturated heterocycles. The van der Waals surface area contributed by atoms with Crippen LogP contribution < -0.4 is 5.32 Å². The second-order valence-corrected chi connectivity index (χ2v) is 9.38. The fourth-order valence-electron chi connectivity index (χ4n) is 3.33. The van der Waals surface area contributed by atoms with E-state index in [0.717, 1.165) is 19.4 Å². The number of benzene rings is 1. The summed E-state index contributed by atoms with van der Waals surface area (Å²) in [6.45, 7) is 2.95. The third kappa shape index (κ3) is 5.43. The monoisotopic (exact) mass is 431 g/mol. The van der Waals surface area contributed by atoms with Crippen molar-refractivity contribution in [2.24, 2.45) is 0 Å². The summed E-state index contributed by atoms with van der Waals surface area (Å²) in [6.07, 6.45) is 2.20. The maximum atomic E-state index is 12.8. The summed E-state index contributed by atoms with van der Waals surface area (Å²) in [5, 5.41) is 3.01. The van der Waals surface area contributed by atoms with E-state index in [-0.39, 0.29) is 34.2 Å². The lowest BCUT2D eigenvalue weighted by molar-refractivity contribution is -0.117. The quantitative estimate of drug-likeness (QED) is 0.702. The van der Waals surface area contributed by atoms with Gasteiger partial charge < -0.3 is 14.8 Å². The van der Waals surface area contributed by atoms with E-state index in [2.05, 4.69) is 5.32 Å². The van der Waals surface area contributed by atoms with E-state index in [0.29, 0.717) is 32.8 Å². The van der Waals surface area contributed by atoms with Gasteiger partial charge in [-0.25, -0.2) is 8.42 Å². The van der Waals surface area contributed by atoms with Crippen LogP contribution >= 0.6 is 11.6 Å². The summed E-state index contributed by atoms with van der Waals surface area (Å²) in [5.74, 6) is -0.261. The van der Waals surface area contributed by atoms with Crippen molar-refractivity contribution in [3.8, 4) is 0 Å². The highest BCUT2D eigenvalue weighted by atomic mass is 35.5. The first-order valence-electron chi connectivity index (χ1n) is 9.34. The van der Waals surface area contributed by atoms with Crippen LogP contribution in [0.15, 0.2) is 23.1 Å². The molecule has 0 aliphatic carbocycles. The Kier molecular flexibility index (Phi) is 7.30. The van der Waals surface area contributed by atoms with Crippen molar-refractivity contribution in [3.63, 3.8) is 0 Å². The Morgan fingerprint density at radius 2 is 2.07 bits per heavy atom. The fourth-order valence-corrected chi connectivity index (χ4v) is 4.93. The molecule has 10 heteroatoms. The molecule has 1 amide bonds. The lowest BCUT2D eigenvalue weighted by Gasteiger charge is -2.26. The number of rotatable bonds is 7. The molecule has 0 radical (unpaired) electrons. The molecule has 2 aliphatic heterocycles. The predicted octanol–water partition coefficient (Wildman–Crippen LogP) is 1.41. The van der Waals surface area contributed by atoms with Gasteiger partial charge in [-0.3, -0.25) is 9.69 Å². The number of likely N-dealkylation sites (N-methyl/N-ethyl adjacent to an activating group) is 1. The molecule has 2 fully saturated rings. The Labute approximate surface area is 170 Å². The van der Waals surface area contributed by atoms with Gasteiger partial charge in [0.2, 0.25) is 15.9 Å². The van der Waals surface area contributed by atoms with Crippen LogP contribution in [0.5, 0.6) is 0 Å². The summed E-state index contributed by atoms with van der Waals surface area (Å²) in [7, 11) is -1.81. The number of hydrogen-bond acceptors (Lipinski definition) is 6.